The van der Waals surface area contributed by atoms with Crippen molar-refractivity contribution in [1.82, 2.24) is 5.32 Å². The van der Waals surface area contributed by atoms with Gasteiger partial charge in [0.2, 0.25) is 5.91 Å². The summed E-state index contributed by atoms with van der Waals surface area (Å²) >= 11 is 0. The lowest BCUT2D eigenvalue weighted by atomic mass is 9.86. The van der Waals surface area contributed by atoms with Crippen LogP contribution in [-0.2, 0) is 23.1 Å². The summed E-state index contributed by atoms with van der Waals surface area (Å²) in [7, 11) is 3.19. The van der Waals surface area contributed by atoms with Gasteiger partial charge in [-0.05, 0) is 59.2 Å². The van der Waals surface area contributed by atoms with Gasteiger partial charge in [-0.15, -0.1) is 0 Å². The standard InChI is InChI=1S/C30H36N2O4/c1-30(2,3)23-14-10-21(11-15-23)13-17-28(33)32-25-9-7-6-8-24(25)29(34)31-19-18-22-12-16-26(35-4)27(20-22)36-5/h6-12,14-16,20H,13,17-19H2,1-5H3,(H,31,34)(H,32,33). The number of hydrogen-bond donors (Lipinski definition) is 2. The quantitative estimate of drug-likeness (QED) is 0.393. The Morgan fingerprint density at radius 3 is 2.14 bits per heavy atom. The Labute approximate surface area is 214 Å². The maximum Gasteiger partial charge on any atom is 0.253 e. The molecule has 6 nitrogen and oxygen atoms in total. The van der Waals surface area contributed by atoms with Crippen molar-refractivity contribution in [2.24, 2.45) is 0 Å². The number of carbonyl (C=O) groups is 2. The number of anilines is 1. The average molecular weight is 489 g/mol. The molecule has 3 aromatic carbocycles. The zero-order valence-electron chi connectivity index (χ0n) is 21.8. The number of benzene rings is 3. The largest absolute Gasteiger partial charge is 0.493 e. The Morgan fingerprint density at radius 1 is 0.806 bits per heavy atom. The van der Waals surface area contributed by atoms with Crippen LogP contribution >= 0.6 is 0 Å². The summed E-state index contributed by atoms with van der Waals surface area (Å²) in [5, 5.41) is 5.84. The van der Waals surface area contributed by atoms with Crippen LogP contribution < -0.4 is 20.1 Å². The Hall–Kier alpha value is -3.80. The second kappa shape index (κ2) is 12.2. The summed E-state index contributed by atoms with van der Waals surface area (Å²) in [5.74, 6) is 0.959. The van der Waals surface area contributed by atoms with Crippen LogP contribution in [0.3, 0.4) is 0 Å². The van der Waals surface area contributed by atoms with Crippen molar-refractivity contribution in [1.29, 1.82) is 0 Å². The summed E-state index contributed by atoms with van der Waals surface area (Å²) < 4.78 is 10.6. The maximum atomic E-state index is 12.8. The molecule has 0 saturated carbocycles. The van der Waals surface area contributed by atoms with E-state index in [1.165, 1.54) is 5.56 Å². The molecule has 2 amide bonds. The average Bonchev–Trinajstić information content (AvgIpc) is 2.87. The molecule has 0 heterocycles. The van der Waals surface area contributed by atoms with Crippen molar-refractivity contribution in [3.63, 3.8) is 0 Å². The molecule has 0 bridgehead atoms. The van der Waals surface area contributed by atoms with Crippen molar-refractivity contribution in [3.8, 4) is 11.5 Å². The van der Waals surface area contributed by atoms with Gasteiger partial charge in [0.05, 0.1) is 25.5 Å². The smallest absolute Gasteiger partial charge is 0.253 e. The van der Waals surface area contributed by atoms with Gasteiger partial charge in [-0.1, -0.05) is 63.2 Å². The van der Waals surface area contributed by atoms with Crippen LogP contribution in [0.15, 0.2) is 66.7 Å². The van der Waals surface area contributed by atoms with Crippen molar-refractivity contribution < 1.29 is 19.1 Å². The van der Waals surface area contributed by atoms with Crippen LogP contribution in [0.4, 0.5) is 5.69 Å². The fraction of sp³-hybridized carbons (Fsp3) is 0.333. The van der Waals surface area contributed by atoms with Gasteiger partial charge in [-0.2, -0.15) is 0 Å². The van der Waals surface area contributed by atoms with Crippen molar-refractivity contribution in [2.75, 3.05) is 26.1 Å². The SMILES string of the molecule is COc1ccc(CCNC(=O)c2ccccc2NC(=O)CCc2ccc(C(C)(C)C)cc2)cc1OC. The van der Waals surface area contributed by atoms with Gasteiger partial charge in [0.15, 0.2) is 11.5 Å². The Kier molecular flexibility index (Phi) is 9.12. The minimum atomic E-state index is -0.232. The van der Waals surface area contributed by atoms with E-state index in [1.54, 1.807) is 38.5 Å². The molecule has 0 unspecified atom stereocenters. The zero-order valence-corrected chi connectivity index (χ0v) is 21.8. The van der Waals surface area contributed by atoms with E-state index in [9.17, 15) is 9.59 Å². The van der Waals surface area contributed by atoms with E-state index < -0.39 is 0 Å². The predicted octanol–water partition coefficient (Wildman–Crippen LogP) is 5.55. The van der Waals surface area contributed by atoms with Gasteiger partial charge < -0.3 is 20.1 Å². The zero-order chi connectivity index (χ0) is 26.1. The van der Waals surface area contributed by atoms with Gasteiger partial charge in [0.25, 0.3) is 5.91 Å². The lowest BCUT2D eigenvalue weighted by molar-refractivity contribution is -0.116. The fourth-order valence-electron chi connectivity index (χ4n) is 3.88. The van der Waals surface area contributed by atoms with E-state index in [0.29, 0.717) is 48.6 Å². The third-order valence-corrected chi connectivity index (χ3v) is 6.05. The number of methoxy groups -OCH3 is 2. The van der Waals surface area contributed by atoms with E-state index in [4.69, 9.17) is 9.47 Å². The molecule has 2 N–H and O–H groups in total. The first kappa shape index (κ1) is 26.8. The first-order valence-corrected chi connectivity index (χ1v) is 12.2. The molecule has 0 aromatic heterocycles. The molecule has 6 heteroatoms. The van der Waals surface area contributed by atoms with E-state index in [1.807, 2.05) is 18.2 Å². The van der Waals surface area contributed by atoms with Gasteiger partial charge in [-0.25, -0.2) is 0 Å². The monoisotopic (exact) mass is 488 g/mol. The molecule has 0 spiro atoms. The summed E-state index contributed by atoms with van der Waals surface area (Å²) in [4.78, 5) is 25.5. The number of hydrogen-bond acceptors (Lipinski definition) is 4. The van der Waals surface area contributed by atoms with Crippen LogP contribution in [0.2, 0.25) is 0 Å². The molecule has 36 heavy (non-hydrogen) atoms. The van der Waals surface area contributed by atoms with Crippen molar-refractivity contribution in [3.05, 3.63) is 89.0 Å². The van der Waals surface area contributed by atoms with Gasteiger partial charge in [0.1, 0.15) is 0 Å². The molecular weight excluding hydrogens is 452 g/mol. The van der Waals surface area contributed by atoms with Crippen LogP contribution in [0.25, 0.3) is 0 Å². The third-order valence-electron chi connectivity index (χ3n) is 6.05. The minimum absolute atomic E-state index is 0.0989. The van der Waals surface area contributed by atoms with Crippen LogP contribution in [-0.4, -0.2) is 32.6 Å². The predicted molar refractivity (Wildman–Crippen MR) is 144 cm³/mol. The first-order valence-electron chi connectivity index (χ1n) is 12.2. The first-order chi connectivity index (χ1) is 17.2. The highest BCUT2D eigenvalue weighted by molar-refractivity contribution is 6.03. The molecule has 190 valence electrons. The number of carbonyl (C=O) groups excluding carboxylic acids is 2. The van der Waals surface area contributed by atoms with Crippen molar-refractivity contribution >= 4 is 17.5 Å². The lowest BCUT2D eigenvalue weighted by Crippen LogP contribution is -2.27. The molecular formula is C30H36N2O4. The van der Waals surface area contributed by atoms with E-state index >= 15 is 0 Å². The number of aryl methyl sites for hydroxylation is 1. The second-order valence-corrected chi connectivity index (χ2v) is 9.74. The molecule has 0 radical (unpaired) electrons. The molecule has 3 rings (SSSR count). The summed E-state index contributed by atoms with van der Waals surface area (Å²) in [6.07, 6.45) is 1.61. The van der Waals surface area contributed by atoms with E-state index in [0.717, 1.165) is 11.1 Å². The molecule has 0 fully saturated rings. The molecule has 0 aliphatic heterocycles. The van der Waals surface area contributed by atoms with E-state index in [-0.39, 0.29) is 17.2 Å². The summed E-state index contributed by atoms with van der Waals surface area (Å²) in [5.41, 5.74) is 4.44. The topological polar surface area (TPSA) is 76.7 Å². The summed E-state index contributed by atoms with van der Waals surface area (Å²) in [6, 6.07) is 21.1. The molecule has 0 atom stereocenters. The molecule has 0 aliphatic carbocycles. The normalized spacial score (nSPS) is 11.0. The number of rotatable bonds is 10. The molecule has 0 aliphatic rings. The second-order valence-electron chi connectivity index (χ2n) is 9.74. The number of para-hydroxylation sites is 1. The van der Waals surface area contributed by atoms with Crippen LogP contribution in [0.1, 0.15) is 54.2 Å². The van der Waals surface area contributed by atoms with Gasteiger partial charge in [-0.3, -0.25) is 9.59 Å². The lowest BCUT2D eigenvalue weighted by Gasteiger charge is -2.19. The highest BCUT2D eigenvalue weighted by Crippen LogP contribution is 2.27. The fourth-order valence-corrected chi connectivity index (χ4v) is 3.88. The van der Waals surface area contributed by atoms with Crippen LogP contribution in [0, 0.1) is 0 Å². The maximum absolute atomic E-state index is 12.8. The summed E-state index contributed by atoms with van der Waals surface area (Å²) in [6.45, 7) is 6.99. The van der Waals surface area contributed by atoms with Crippen molar-refractivity contribution in [2.45, 2.75) is 45.4 Å². The number of nitrogens with one attached hydrogen (secondary N) is 2. The number of amides is 2. The minimum Gasteiger partial charge on any atom is -0.493 e. The molecule has 3 aromatic rings. The van der Waals surface area contributed by atoms with E-state index in [2.05, 4.69) is 55.7 Å². The van der Waals surface area contributed by atoms with Gasteiger partial charge >= 0.3 is 0 Å². The van der Waals surface area contributed by atoms with Crippen LogP contribution in [0.5, 0.6) is 11.5 Å². The molecule has 0 saturated heterocycles. The number of ether oxygens (including phenoxy) is 2. The Balaban J connectivity index is 1.54. The Morgan fingerprint density at radius 2 is 1.47 bits per heavy atom. The highest BCUT2D eigenvalue weighted by Gasteiger charge is 2.15. The third kappa shape index (κ3) is 7.35. The highest BCUT2D eigenvalue weighted by atomic mass is 16.5. The van der Waals surface area contributed by atoms with Gasteiger partial charge in [0, 0.05) is 13.0 Å². The Bertz CT molecular complexity index is 1180.